The van der Waals surface area contributed by atoms with Crippen molar-refractivity contribution in [3.63, 3.8) is 0 Å². The van der Waals surface area contributed by atoms with Gasteiger partial charge >= 0.3 is 0 Å². The van der Waals surface area contributed by atoms with Crippen molar-refractivity contribution in [1.29, 1.82) is 0 Å². The summed E-state index contributed by atoms with van der Waals surface area (Å²) in [6.07, 6.45) is 6.53. The number of rotatable bonds is 7. The van der Waals surface area contributed by atoms with Gasteiger partial charge in [-0.3, -0.25) is 9.78 Å². The van der Waals surface area contributed by atoms with Gasteiger partial charge in [0.15, 0.2) is 11.5 Å². The maximum absolute atomic E-state index is 12.0. The Kier molecular flexibility index (Phi) is 5.16. The molecule has 5 nitrogen and oxygen atoms in total. The smallest absolute Gasteiger partial charge is 0.273 e. The first-order chi connectivity index (χ1) is 11.3. The van der Waals surface area contributed by atoms with E-state index in [9.17, 15) is 4.79 Å². The summed E-state index contributed by atoms with van der Waals surface area (Å²) in [7, 11) is 0. The average molecular weight is 327 g/mol. The van der Waals surface area contributed by atoms with Gasteiger partial charge in [0.05, 0.1) is 4.88 Å². The highest BCUT2D eigenvalue weighted by atomic mass is 32.1. The van der Waals surface area contributed by atoms with Gasteiger partial charge < -0.3 is 9.84 Å². The number of amides is 1. The lowest BCUT2D eigenvalue weighted by Crippen LogP contribution is -2.24. The van der Waals surface area contributed by atoms with Crippen LogP contribution >= 0.6 is 11.3 Å². The van der Waals surface area contributed by atoms with Gasteiger partial charge in [-0.05, 0) is 48.4 Å². The van der Waals surface area contributed by atoms with Crippen LogP contribution in [0.3, 0.4) is 0 Å². The zero-order valence-electron chi connectivity index (χ0n) is 12.6. The second-order valence-electron chi connectivity index (χ2n) is 5.12. The van der Waals surface area contributed by atoms with Crippen LogP contribution in [0.2, 0.25) is 0 Å². The lowest BCUT2D eigenvalue weighted by Gasteiger charge is -2.03. The quantitative estimate of drug-likeness (QED) is 0.674. The molecule has 118 valence electrons. The number of hydrogen-bond acceptors (Lipinski definition) is 5. The number of unbranched alkanes of at least 4 members (excludes halogenated alkanes) is 1. The van der Waals surface area contributed by atoms with E-state index in [-0.39, 0.29) is 5.91 Å². The number of carbonyl (C=O) groups is 1. The Morgan fingerprint density at radius 2 is 2.09 bits per heavy atom. The number of hydrogen-bond donors (Lipinski definition) is 1. The van der Waals surface area contributed by atoms with Crippen LogP contribution in [0, 0.1) is 0 Å². The lowest BCUT2D eigenvalue weighted by molar-refractivity contribution is 0.0944. The van der Waals surface area contributed by atoms with Gasteiger partial charge in [-0.2, -0.15) is 0 Å². The summed E-state index contributed by atoms with van der Waals surface area (Å²) < 4.78 is 5.21. The Balaban J connectivity index is 1.41. The van der Waals surface area contributed by atoms with E-state index in [1.54, 1.807) is 29.8 Å². The zero-order valence-corrected chi connectivity index (χ0v) is 13.4. The molecule has 3 rings (SSSR count). The summed E-state index contributed by atoms with van der Waals surface area (Å²) in [6.45, 7) is 0.630. The topological polar surface area (TPSA) is 68.0 Å². The number of nitrogens with zero attached hydrogens (tertiary/aromatic N) is 2. The standard InChI is InChI=1S/C17H17N3O2S/c21-17(14-12-15(22-20-14)16-5-3-11-23-16)19-8-2-1-4-13-6-9-18-10-7-13/h3,5-7,9-12H,1-2,4,8H2,(H,19,21). The Morgan fingerprint density at radius 1 is 1.22 bits per heavy atom. The summed E-state index contributed by atoms with van der Waals surface area (Å²) in [4.78, 5) is 17.0. The van der Waals surface area contributed by atoms with E-state index in [0.717, 1.165) is 24.1 Å². The lowest BCUT2D eigenvalue weighted by atomic mass is 10.1. The largest absolute Gasteiger partial charge is 0.355 e. The van der Waals surface area contributed by atoms with E-state index >= 15 is 0 Å². The second-order valence-corrected chi connectivity index (χ2v) is 6.07. The summed E-state index contributed by atoms with van der Waals surface area (Å²) in [5.74, 6) is 0.434. The monoisotopic (exact) mass is 327 g/mol. The van der Waals surface area contributed by atoms with Crippen molar-refractivity contribution in [3.05, 3.63) is 59.4 Å². The van der Waals surface area contributed by atoms with Crippen LogP contribution in [0.15, 0.2) is 52.6 Å². The molecule has 3 aromatic heterocycles. The number of carbonyl (C=O) groups excluding carboxylic acids is 1. The fourth-order valence-corrected chi connectivity index (χ4v) is 2.89. The maximum atomic E-state index is 12.0. The Morgan fingerprint density at radius 3 is 2.87 bits per heavy atom. The summed E-state index contributed by atoms with van der Waals surface area (Å²) >= 11 is 1.55. The molecule has 3 aromatic rings. The van der Waals surface area contributed by atoms with Crippen molar-refractivity contribution in [2.45, 2.75) is 19.3 Å². The Labute approximate surface area is 138 Å². The molecule has 0 fully saturated rings. The van der Waals surface area contributed by atoms with E-state index in [4.69, 9.17) is 4.52 Å². The van der Waals surface area contributed by atoms with Crippen LogP contribution in [-0.4, -0.2) is 22.6 Å². The molecule has 0 spiro atoms. The maximum Gasteiger partial charge on any atom is 0.273 e. The normalized spacial score (nSPS) is 10.6. The molecule has 0 aromatic carbocycles. The van der Waals surface area contributed by atoms with Crippen LogP contribution in [-0.2, 0) is 6.42 Å². The minimum absolute atomic E-state index is 0.194. The first kappa shape index (κ1) is 15.4. The van der Waals surface area contributed by atoms with Crippen LogP contribution in [0.25, 0.3) is 10.6 Å². The molecule has 0 saturated carbocycles. The third-order valence-electron chi connectivity index (χ3n) is 3.43. The first-order valence-electron chi connectivity index (χ1n) is 7.50. The minimum atomic E-state index is -0.194. The molecule has 0 radical (unpaired) electrons. The molecule has 6 heteroatoms. The van der Waals surface area contributed by atoms with Crippen LogP contribution < -0.4 is 5.32 Å². The molecule has 0 atom stereocenters. The number of pyridine rings is 1. The predicted octanol–water partition coefficient (Wildman–Crippen LogP) is 3.55. The van der Waals surface area contributed by atoms with Crippen LogP contribution in [0.1, 0.15) is 28.9 Å². The summed E-state index contributed by atoms with van der Waals surface area (Å²) in [5, 5.41) is 8.66. The van der Waals surface area contributed by atoms with Crippen molar-refractivity contribution < 1.29 is 9.32 Å². The van der Waals surface area contributed by atoms with Gasteiger partial charge in [0.1, 0.15) is 0 Å². The molecule has 0 bridgehead atoms. The Bertz CT molecular complexity index is 738. The van der Waals surface area contributed by atoms with Gasteiger partial charge in [-0.1, -0.05) is 11.2 Å². The van der Waals surface area contributed by atoms with Crippen molar-refractivity contribution in [3.8, 4) is 10.6 Å². The highest BCUT2D eigenvalue weighted by molar-refractivity contribution is 7.13. The molecular weight excluding hydrogens is 310 g/mol. The molecule has 0 aliphatic rings. The molecule has 1 N–H and O–H groups in total. The molecule has 0 aliphatic heterocycles. The predicted molar refractivity (Wildman–Crippen MR) is 89.3 cm³/mol. The summed E-state index contributed by atoms with van der Waals surface area (Å²) in [6, 6.07) is 9.58. The van der Waals surface area contributed by atoms with Crippen molar-refractivity contribution in [2.75, 3.05) is 6.54 Å². The second kappa shape index (κ2) is 7.69. The van der Waals surface area contributed by atoms with E-state index in [1.165, 1.54) is 5.56 Å². The van der Waals surface area contributed by atoms with Gasteiger partial charge in [0, 0.05) is 25.0 Å². The Hall–Kier alpha value is -2.47. The zero-order chi connectivity index (χ0) is 15.9. The highest BCUT2D eigenvalue weighted by Gasteiger charge is 2.13. The van der Waals surface area contributed by atoms with Gasteiger partial charge in [0.2, 0.25) is 0 Å². The number of thiophene rings is 1. The van der Waals surface area contributed by atoms with E-state index < -0.39 is 0 Å². The van der Waals surface area contributed by atoms with Crippen molar-refractivity contribution >= 4 is 17.2 Å². The molecule has 3 heterocycles. The van der Waals surface area contributed by atoms with E-state index in [0.29, 0.717) is 18.0 Å². The average Bonchev–Trinajstić information content (AvgIpc) is 3.26. The third kappa shape index (κ3) is 4.26. The number of aromatic nitrogens is 2. The van der Waals surface area contributed by atoms with Gasteiger partial charge in [-0.15, -0.1) is 11.3 Å². The minimum Gasteiger partial charge on any atom is -0.355 e. The number of aryl methyl sites for hydroxylation is 1. The molecule has 23 heavy (non-hydrogen) atoms. The van der Waals surface area contributed by atoms with Crippen LogP contribution in [0.4, 0.5) is 0 Å². The fraction of sp³-hybridized carbons (Fsp3) is 0.235. The van der Waals surface area contributed by atoms with Crippen molar-refractivity contribution in [1.82, 2.24) is 15.5 Å². The highest BCUT2D eigenvalue weighted by Crippen LogP contribution is 2.24. The van der Waals surface area contributed by atoms with E-state index in [2.05, 4.69) is 15.5 Å². The molecular formula is C17H17N3O2S. The molecule has 0 unspecified atom stereocenters. The molecule has 1 amide bonds. The van der Waals surface area contributed by atoms with Crippen molar-refractivity contribution in [2.24, 2.45) is 0 Å². The first-order valence-corrected chi connectivity index (χ1v) is 8.38. The molecule has 0 aliphatic carbocycles. The van der Waals surface area contributed by atoms with E-state index in [1.807, 2.05) is 29.6 Å². The van der Waals surface area contributed by atoms with Gasteiger partial charge in [-0.25, -0.2) is 0 Å². The SMILES string of the molecule is O=C(NCCCCc1ccncc1)c1cc(-c2cccs2)on1. The third-order valence-corrected chi connectivity index (χ3v) is 4.32. The summed E-state index contributed by atoms with van der Waals surface area (Å²) in [5.41, 5.74) is 1.59. The fourth-order valence-electron chi connectivity index (χ4n) is 2.21. The van der Waals surface area contributed by atoms with Crippen LogP contribution in [0.5, 0.6) is 0 Å². The van der Waals surface area contributed by atoms with Gasteiger partial charge in [0.25, 0.3) is 5.91 Å². The molecule has 0 saturated heterocycles. The number of nitrogens with one attached hydrogen (secondary N) is 1.